The lowest BCUT2D eigenvalue weighted by Crippen LogP contribution is -2.10. The molecule has 1 amide bonds. The molecule has 1 aromatic heterocycles. The van der Waals surface area contributed by atoms with Gasteiger partial charge >= 0.3 is 5.97 Å². The number of carbonyl (C=O) groups excluding carboxylic acids is 2. The van der Waals surface area contributed by atoms with Crippen molar-refractivity contribution in [2.45, 2.75) is 19.9 Å². The van der Waals surface area contributed by atoms with E-state index in [1.165, 1.54) is 7.11 Å². The van der Waals surface area contributed by atoms with Gasteiger partial charge in [-0.2, -0.15) is 0 Å². The van der Waals surface area contributed by atoms with Gasteiger partial charge in [-0.15, -0.1) is 0 Å². The molecule has 5 heteroatoms. The first-order chi connectivity index (χ1) is 10.1. The van der Waals surface area contributed by atoms with Gasteiger partial charge in [0.25, 0.3) is 5.91 Å². The van der Waals surface area contributed by atoms with Crippen molar-refractivity contribution in [3.8, 4) is 0 Å². The number of methoxy groups -OCH3 is 1. The van der Waals surface area contributed by atoms with Gasteiger partial charge in [0, 0.05) is 29.2 Å². The summed E-state index contributed by atoms with van der Waals surface area (Å²) in [7, 11) is 1.36. The zero-order chi connectivity index (χ0) is 15.4. The summed E-state index contributed by atoms with van der Waals surface area (Å²) in [5.74, 6) is -0.790. The summed E-state index contributed by atoms with van der Waals surface area (Å²) in [5.41, 5.74) is 7.40. The third-order valence-electron chi connectivity index (χ3n) is 3.42. The van der Waals surface area contributed by atoms with Gasteiger partial charge in [-0.1, -0.05) is 31.2 Å². The number of esters is 1. The van der Waals surface area contributed by atoms with Gasteiger partial charge in [-0.05, 0) is 12.5 Å². The maximum Gasteiger partial charge on any atom is 0.333 e. The molecule has 110 valence electrons. The molecule has 2 N–H and O–H groups in total. The summed E-state index contributed by atoms with van der Waals surface area (Å²) in [4.78, 5) is 23.1. The van der Waals surface area contributed by atoms with Crippen LogP contribution in [0.25, 0.3) is 10.9 Å². The smallest absolute Gasteiger partial charge is 0.333 e. The zero-order valence-corrected chi connectivity index (χ0v) is 12.1. The van der Waals surface area contributed by atoms with Crippen LogP contribution in [-0.4, -0.2) is 23.6 Å². The second kappa shape index (κ2) is 6.26. The molecule has 5 nitrogen and oxygen atoms in total. The standard InChI is InChI=1S/C16H18N2O3/c1-3-11(16(20)21-2)8-9-18-10-13(15(17)19)12-6-4-5-7-14(12)18/h4-8,10H,3,9H2,1-2H3,(H2,17,19). The van der Waals surface area contributed by atoms with Gasteiger partial charge in [0.05, 0.1) is 12.7 Å². The fraction of sp³-hybridized carbons (Fsp3) is 0.250. The van der Waals surface area contributed by atoms with Gasteiger partial charge in [0.2, 0.25) is 0 Å². The SMILES string of the molecule is CCC(=CCn1cc(C(N)=O)c2ccccc21)C(=O)OC. The monoisotopic (exact) mass is 286 g/mol. The Morgan fingerprint density at radius 3 is 2.67 bits per heavy atom. The highest BCUT2D eigenvalue weighted by molar-refractivity contribution is 6.06. The van der Waals surface area contributed by atoms with Crippen LogP contribution in [0.15, 0.2) is 42.1 Å². The number of benzene rings is 1. The van der Waals surface area contributed by atoms with Crippen LogP contribution in [0.4, 0.5) is 0 Å². The second-order valence-corrected chi connectivity index (χ2v) is 4.65. The summed E-state index contributed by atoms with van der Waals surface area (Å²) in [6.07, 6.45) is 4.12. The first-order valence-corrected chi connectivity index (χ1v) is 6.73. The summed E-state index contributed by atoms with van der Waals surface area (Å²) in [6, 6.07) is 7.53. The van der Waals surface area contributed by atoms with Crippen LogP contribution in [-0.2, 0) is 16.1 Å². The van der Waals surface area contributed by atoms with Gasteiger partial charge in [0.15, 0.2) is 0 Å². The number of allylic oxidation sites excluding steroid dienone is 1. The Morgan fingerprint density at radius 2 is 2.05 bits per heavy atom. The van der Waals surface area contributed by atoms with E-state index >= 15 is 0 Å². The molecule has 0 bridgehead atoms. The molecule has 1 heterocycles. The Morgan fingerprint density at radius 1 is 1.33 bits per heavy atom. The average Bonchev–Trinajstić information content (AvgIpc) is 2.87. The topological polar surface area (TPSA) is 74.3 Å². The Labute approximate surface area is 123 Å². The van der Waals surface area contributed by atoms with Crippen molar-refractivity contribution in [3.63, 3.8) is 0 Å². The normalized spacial score (nSPS) is 11.6. The molecule has 0 saturated carbocycles. The Kier molecular flexibility index (Phi) is 4.42. The van der Waals surface area contributed by atoms with Crippen LogP contribution in [0.3, 0.4) is 0 Å². The minimum Gasteiger partial charge on any atom is -0.466 e. The molecule has 0 atom stereocenters. The number of nitrogens with zero attached hydrogens (tertiary/aromatic N) is 1. The predicted molar refractivity (Wildman–Crippen MR) is 80.8 cm³/mol. The first-order valence-electron chi connectivity index (χ1n) is 6.73. The fourth-order valence-electron chi connectivity index (χ4n) is 2.31. The molecule has 2 rings (SSSR count). The Bertz CT molecular complexity index is 713. The molecule has 0 fully saturated rings. The summed E-state index contributed by atoms with van der Waals surface area (Å²) in [6.45, 7) is 2.37. The summed E-state index contributed by atoms with van der Waals surface area (Å²) in [5, 5.41) is 0.814. The largest absolute Gasteiger partial charge is 0.466 e. The predicted octanol–water partition coefficient (Wildman–Crippen LogP) is 2.25. The van der Waals surface area contributed by atoms with Crippen molar-refractivity contribution in [2.75, 3.05) is 7.11 Å². The second-order valence-electron chi connectivity index (χ2n) is 4.65. The third-order valence-corrected chi connectivity index (χ3v) is 3.42. The molecule has 21 heavy (non-hydrogen) atoms. The quantitative estimate of drug-likeness (QED) is 0.676. The van der Waals surface area contributed by atoms with E-state index in [2.05, 4.69) is 0 Å². The molecule has 0 unspecified atom stereocenters. The number of hydrogen-bond acceptors (Lipinski definition) is 3. The van der Waals surface area contributed by atoms with Crippen molar-refractivity contribution < 1.29 is 14.3 Å². The zero-order valence-electron chi connectivity index (χ0n) is 12.1. The molecule has 2 aromatic rings. The number of hydrogen-bond donors (Lipinski definition) is 1. The van der Waals surface area contributed by atoms with E-state index in [4.69, 9.17) is 10.5 Å². The van der Waals surface area contributed by atoms with Gasteiger partial charge in [0.1, 0.15) is 0 Å². The molecule has 1 aromatic carbocycles. The van der Waals surface area contributed by atoms with Crippen molar-refractivity contribution in [1.29, 1.82) is 0 Å². The van der Waals surface area contributed by atoms with E-state index in [1.54, 1.807) is 6.20 Å². The van der Waals surface area contributed by atoms with E-state index in [1.807, 2.05) is 41.8 Å². The first kappa shape index (κ1) is 14.8. The Hall–Kier alpha value is -2.56. The highest BCUT2D eigenvalue weighted by atomic mass is 16.5. The highest BCUT2D eigenvalue weighted by Gasteiger charge is 2.12. The molecule has 0 spiro atoms. The van der Waals surface area contributed by atoms with E-state index < -0.39 is 5.91 Å². The number of carbonyl (C=O) groups is 2. The maximum atomic E-state index is 11.6. The lowest BCUT2D eigenvalue weighted by atomic mass is 10.2. The van der Waals surface area contributed by atoms with E-state index in [9.17, 15) is 9.59 Å². The molecule has 0 radical (unpaired) electrons. The van der Waals surface area contributed by atoms with Crippen molar-refractivity contribution >= 4 is 22.8 Å². The van der Waals surface area contributed by atoms with E-state index in [0.29, 0.717) is 24.1 Å². The molecule has 0 aliphatic carbocycles. The molecule has 0 aliphatic rings. The van der Waals surface area contributed by atoms with Crippen LogP contribution in [0.5, 0.6) is 0 Å². The van der Waals surface area contributed by atoms with Crippen LogP contribution in [0.1, 0.15) is 23.7 Å². The molecule has 0 aliphatic heterocycles. The van der Waals surface area contributed by atoms with E-state index in [-0.39, 0.29) is 5.97 Å². The number of fused-ring (bicyclic) bond motifs is 1. The number of nitrogens with two attached hydrogens (primary N) is 1. The lowest BCUT2D eigenvalue weighted by molar-refractivity contribution is -0.136. The molecular formula is C16H18N2O3. The van der Waals surface area contributed by atoms with Gasteiger partial charge in [-0.25, -0.2) is 4.79 Å². The Balaban J connectivity index is 2.41. The molecular weight excluding hydrogens is 268 g/mol. The van der Waals surface area contributed by atoms with Crippen molar-refractivity contribution in [2.24, 2.45) is 5.73 Å². The minimum absolute atomic E-state index is 0.330. The average molecular weight is 286 g/mol. The van der Waals surface area contributed by atoms with Gasteiger partial charge in [-0.3, -0.25) is 4.79 Å². The number of para-hydroxylation sites is 1. The van der Waals surface area contributed by atoms with Crippen LogP contribution in [0.2, 0.25) is 0 Å². The number of rotatable bonds is 5. The third kappa shape index (κ3) is 2.97. The van der Waals surface area contributed by atoms with Crippen molar-refractivity contribution in [1.82, 2.24) is 4.57 Å². The van der Waals surface area contributed by atoms with Crippen LogP contribution < -0.4 is 5.73 Å². The molecule has 0 saturated heterocycles. The number of aromatic nitrogens is 1. The van der Waals surface area contributed by atoms with Gasteiger partial charge < -0.3 is 15.0 Å². The number of ether oxygens (including phenoxy) is 1. The summed E-state index contributed by atoms with van der Waals surface area (Å²) >= 11 is 0. The minimum atomic E-state index is -0.461. The highest BCUT2D eigenvalue weighted by Crippen LogP contribution is 2.21. The number of primary amides is 1. The van der Waals surface area contributed by atoms with Crippen LogP contribution >= 0.6 is 0 Å². The lowest BCUT2D eigenvalue weighted by Gasteiger charge is -2.04. The van der Waals surface area contributed by atoms with E-state index in [0.717, 1.165) is 10.9 Å². The summed E-state index contributed by atoms with van der Waals surface area (Å²) < 4.78 is 6.63. The fourth-order valence-corrected chi connectivity index (χ4v) is 2.31. The van der Waals surface area contributed by atoms with Crippen molar-refractivity contribution in [3.05, 3.63) is 47.7 Å². The van der Waals surface area contributed by atoms with Crippen LogP contribution in [0, 0.1) is 0 Å². The number of amides is 1. The maximum absolute atomic E-state index is 11.6.